The number of benzene rings is 1. The van der Waals surface area contributed by atoms with Crippen LogP contribution in [0.1, 0.15) is 11.9 Å². The summed E-state index contributed by atoms with van der Waals surface area (Å²) in [4.78, 5) is 21.1. The molecule has 2 aromatic rings. The zero-order valence-electron chi connectivity index (χ0n) is 13.3. The van der Waals surface area contributed by atoms with E-state index in [0.29, 0.717) is 6.54 Å². The molecule has 7 heteroatoms. The first-order valence-corrected chi connectivity index (χ1v) is 8.54. The lowest BCUT2D eigenvalue weighted by Gasteiger charge is -2.35. The quantitative estimate of drug-likeness (QED) is 0.911. The van der Waals surface area contributed by atoms with Gasteiger partial charge < -0.3 is 10.6 Å². The second-order valence-corrected chi connectivity index (χ2v) is 6.93. The van der Waals surface area contributed by atoms with Gasteiger partial charge in [0.1, 0.15) is 5.01 Å². The maximum absolute atomic E-state index is 12.1. The van der Waals surface area contributed by atoms with Gasteiger partial charge in [-0.3, -0.25) is 9.69 Å². The fraction of sp³-hybridized carbons (Fsp3) is 0.500. The van der Waals surface area contributed by atoms with E-state index < -0.39 is 0 Å². The maximum atomic E-state index is 12.1. The first-order valence-electron chi connectivity index (χ1n) is 7.73. The van der Waals surface area contributed by atoms with Gasteiger partial charge in [0, 0.05) is 38.6 Å². The molecule has 2 N–H and O–H groups in total. The first-order chi connectivity index (χ1) is 10.7. The molecular weight excluding hydrogens is 332 g/mol. The van der Waals surface area contributed by atoms with Crippen molar-refractivity contribution in [2.45, 2.75) is 13.5 Å². The molecule has 126 valence electrons. The third-order valence-electron chi connectivity index (χ3n) is 4.16. The zero-order chi connectivity index (χ0) is 15.5. The molecule has 0 bridgehead atoms. The molecule has 5 nitrogen and oxygen atoms in total. The van der Waals surface area contributed by atoms with E-state index in [9.17, 15) is 4.79 Å². The number of nitrogens with two attached hydrogens (primary N) is 1. The number of hydrogen-bond donors (Lipinski definition) is 1. The molecule has 1 aliphatic rings. The molecule has 1 atom stereocenters. The lowest BCUT2D eigenvalue weighted by atomic mass is 10.1. The Kier molecular flexibility index (Phi) is 6.35. The summed E-state index contributed by atoms with van der Waals surface area (Å²) in [5, 5.41) is 1.15. The van der Waals surface area contributed by atoms with Crippen molar-refractivity contribution in [2.75, 3.05) is 32.7 Å². The lowest BCUT2D eigenvalue weighted by Crippen LogP contribution is -2.50. The number of carbonyl (C=O) groups is 1. The average Bonchev–Trinajstić information content (AvgIpc) is 2.96. The molecule has 0 spiro atoms. The van der Waals surface area contributed by atoms with Crippen LogP contribution in [-0.4, -0.2) is 53.4 Å². The van der Waals surface area contributed by atoms with Crippen LogP contribution in [0.2, 0.25) is 0 Å². The van der Waals surface area contributed by atoms with Crippen LogP contribution in [0, 0.1) is 5.92 Å². The molecular formula is C16H23ClN4OS. The number of nitrogens with zero attached hydrogens (tertiary/aromatic N) is 3. The summed E-state index contributed by atoms with van der Waals surface area (Å²) < 4.78 is 1.24. The number of rotatable bonds is 4. The highest BCUT2D eigenvalue weighted by Gasteiger charge is 2.24. The predicted molar refractivity (Wildman–Crippen MR) is 96.9 cm³/mol. The van der Waals surface area contributed by atoms with Crippen LogP contribution in [0.3, 0.4) is 0 Å². The number of hydrogen-bond acceptors (Lipinski definition) is 5. The van der Waals surface area contributed by atoms with Crippen LogP contribution < -0.4 is 5.73 Å². The molecule has 3 rings (SSSR count). The van der Waals surface area contributed by atoms with Crippen molar-refractivity contribution in [1.82, 2.24) is 14.8 Å². The standard InChI is InChI=1S/C16H22N4OS.ClH/c1-12(10-17)16(21)20-8-6-19(7-9-20)11-15-18-13-4-2-3-5-14(13)22-15;/h2-5,12H,6-11,17H2,1H3;1H. The van der Waals surface area contributed by atoms with E-state index in [1.807, 2.05) is 24.0 Å². The van der Waals surface area contributed by atoms with Gasteiger partial charge in [-0.1, -0.05) is 19.1 Å². The SMILES string of the molecule is CC(CN)C(=O)N1CCN(Cc2nc3ccccc3s2)CC1.Cl. The Morgan fingerprint density at radius 1 is 1.30 bits per heavy atom. The Bertz CT molecular complexity index is 621. The number of carbonyl (C=O) groups excluding carboxylic acids is 1. The maximum Gasteiger partial charge on any atom is 0.226 e. The number of thiazole rings is 1. The molecule has 1 aromatic carbocycles. The molecule has 2 heterocycles. The topological polar surface area (TPSA) is 62.5 Å². The van der Waals surface area contributed by atoms with E-state index in [1.165, 1.54) is 4.70 Å². The number of para-hydroxylation sites is 1. The summed E-state index contributed by atoms with van der Waals surface area (Å²) in [6.45, 7) is 6.56. The largest absolute Gasteiger partial charge is 0.340 e. The Balaban J connectivity index is 0.00000192. The molecule has 0 saturated carbocycles. The molecule has 1 amide bonds. The number of amides is 1. The van der Waals surface area contributed by atoms with E-state index in [1.54, 1.807) is 11.3 Å². The van der Waals surface area contributed by atoms with Crippen LogP contribution in [0.15, 0.2) is 24.3 Å². The van der Waals surface area contributed by atoms with Gasteiger partial charge in [0.15, 0.2) is 0 Å². The molecule has 1 unspecified atom stereocenters. The second kappa shape index (κ2) is 8.06. The fourth-order valence-electron chi connectivity index (χ4n) is 2.72. The first kappa shape index (κ1) is 18.1. The Labute approximate surface area is 146 Å². The molecule has 23 heavy (non-hydrogen) atoms. The monoisotopic (exact) mass is 354 g/mol. The Morgan fingerprint density at radius 2 is 2.00 bits per heavy atom. The highest BCUT2D eigenvalue weighted by atomic mass is 35.5. The third-order valence-corrected chi connectivity index (χ3v) is 5.18. The third kappa shape index (κ3) is 4.20. The second-order valence-electron chi connectivity index (χ2n) is 5.81. The smallest absolute Gasteiger partial charge is 0.226 e. The van der Waals surface area contributed by atoms with E-state index >= 15 is 0 Å². The minimum absolute atomic E-state index is 0. The molecule has 0 radical (unpaired) electrons. The number of fused-ring (bicyclic) bond motifs is 1. The van der Waals surface area contributed by atoms with Crippen LogP contribution in [0.4, 0.5) is 0 Å². The van der Waals surface area contributed by atoms with Gasteiger partial charge in [0.25, 0.3) is 0 Å². The summed E-state index contributed by atoms with van der Waals surface area (Å²) in [7, 11) is 0. The molecule has 1 fully saturated rings. The molecule has 1 aromatic heterocycles. The minimum Gasteiger partial charge on any atom is -0.340 e. The average molecular weight is 355 g/mol. The van der Waals surface area contributed by atoms with E-state index in [0.717, 1.165) is 43.2 Å². The molecule has 1 saturated heterocycles. The molecule has 1 aliphatic heterocycles. The van der Waals surface area contributed by atoms with E-state index in [4.69, 9.17) is 5.73 Å². The van der Waals surface area contributed by atoms with Gasteiger partial charge in [-0.15, -0.1) is 23.7 Å². The summed E-state index contributed by atoms with van der Waals surface area (Å²) in [6.07, 6.45) is 0. The fourth-order valence-corrected chi connectivity index (χ4v) is 3.73. The number of halogens is 1. The van der Waals surface area contributed by atoms with Crippen LogP contribution in [-0.2, 0) is 11.3 Å². The van der Waals surface area contributed by atoms with Gasteiger partial charge in [-0.2, -0.15) is 0 Å². The predicted octanol–water partition coefficient (Wildman–Crippen LogP) is 1.96. The summed E-state index contributed by atoms with van der Waals surface area (Å²) in [5.41, 5.74) is 6.66. The normalized spacial score (nSPS) is 17.0. The Hall–Kier alpha value is -1.21. The van der Waals surface area contributed by atoms with Crippen molar-refractivity contribution in [2.24, 2.45) is 11.7 Å². The number of aromatic nitrogens is 1. The van der Waals surface area contributed by atoms with Crippen LogP contribution in [0.5, 0.6) is 0 Å². The van der Waals surface area contributed by atoms with Crippen LogP contribution >= 0.6 is 23.7 Å². The van der Waals surface area contributed by atoms with Gasteiger partial charge in [0.05, 0.1) is 16.8 Å². The van der Waals surface area contributed by atoms with Gasteiger partial charge >= 0.3 is 0 Å². The van der Waals surface area contributed by atoms with Crippen LogP contribution in [0.25, 0.3) is 10.2 Å². The van der Waals surface area contributed by atoms with Gasteiger partial charge in [-0.05, 0) is 12.1 Å². The van der Waals surface area contributed by atoms with Crippen molar-refractivity contribution >= 4 is 39.9 Å². The van der Waals surface area contributed by atoms with Gasteiger partial charge in [0.2, 0.25) is 5.91 Å². The van der Waals surface area contributed by atoms with E-state index in [-0.39, 0.29) is 24.2 Å². The van der Waals surface area contributed by atoms with Crippen molar-refractivity contribution in [3.05, 3.63) is 29.3 Å². The highest BCUT2D eigenvalue weighted by molar-refractivity contribution is 7.18. The van der Waals surface area contributed by atoms with Crippen molar-refractivity contribution in [3.63, 3.8) is 0 Å². The van der Waals surface area contributed by atoms with Crippen molar-refractivity contribution in [1.29, 1.82) is 0 Å². The Morgan fingerprint density at radius 3 is 2.65 bits per heavy atom. The minimum atomic E-state index is -0.0733. The van der Waals surface area contributed by atoms with E-state index in [2.05, 4.69) is 22.0 Å². The highest BCUT2D eigenvalue weighted by Crippen LogP contribution is 2.23. The summed E-state index contributed by atoms with van der Waals surface area (Å²) in [6, 6.07) is 8.24. The summed E-state index contributed by atoms with van der Waals surface area (Å²) in [5.74, 6) is 0.109. The lowest BCUT2D eigenvalue weighted by molar-refractivity contribution is -0.136. The summed E-state index contributed by atoms with van der Waals surface area (Å²) >= 11 is 1.76. The van der Waals surface area contributed by atoms with Crippen molar-refractivity contribution in [3.8, 4) is 0 Å². The van der Waals surface area contributed by atoms with Gasteiger partial charge in [-0.25, -0.2) is 4.98 Å². The number of piperazine rings is 1. The molecule has 0 aliphatic carbocycles. The zero-order valence-corrected chi connectivity index (χ0v) is 14.9. The van der Waals surface area contributed by atoms with Crippen molar-refractivity contribution < 1.29 is 4.79 Å².